The van der Waals surface area contributed by atoms with Gasteiger partial charge in [0.25, 0.3) is 5.91 Å². The number of carbonyl (C=O) groups is 2. The number of fused-ring (bicyclic) bond motifs is 1. The van der Waals surface area contributed by atoms with Gasteiger partial charge in [-0.1, -0.05) is 48.5 Å². The fraction of sp³-hybridized carbons (Fsp3) is 0.359. The Morgan fingerprint density at radius 3 is 2.43 bits per heavy atom. The second kappa shape index (κ2) is 14.4. The molecule has 2 saturated heterocycles. The van der Waals surface area contributed by atoms with E-state index in [1.54, 1.807) is 23.5 Å². The summed E-state index contributed by atoms with van der Waals surface area (Å²) in [5, 5.41) is 2.14. The zero-order valence-corrected chi connectivity index (χ0v) is 29.0. The number of rotatable bonds is 11. The van der Waals surface area contributed by atoms with Crippen molar-refractivity contribution in [2.24, 2.45) is 0 Å². The van der Waals surface area contributed by atoms with E-state index in [2.05, 4.69) is 86.5 Å². The van der Waals surface area contributed by atoms with Crippen LogP contribution in [0.15, 0.2) is 84.2 Å². The fourth-order valence-corrected chi connectivity index (χ4v) is 8.26. The molecule has 3 aromatic carbocycles. The molecule has 1 unspecified atom stereocenters. The van der Waals surface area contributed by atoms with Crippen molar-refractivity contribution in [1.82, 2.24) is 19.4 Å². The molecule has 49 heavy (non-hydrogen) atoms. The highest BCUT2D eigenvalue weighted by atomic mass is 32.1. The second-order valence-corrected chi connectivity index (χ2v) is 14.1. The van der Waals surface area contributed by atoms with Gasteiger partial charge < -0.3 is 28.7 Å². The Bertz CT molecular complexity index is 1880. The Morgan fingerprint density at radius 1 is 0.918 bits per heavy atom. The summed E-state index contributed by atoms with van der Waals surface area (Å²) in [7, 11) is 2.99. The molecule has 0 bridgehead atoms. The van der Waals surface area contributed by atoms with E-state index in [9.17, 15) is 9.59 Å². The molecule has 2 aliphatic heterocycles. The summed E-state index contributed by atoms with van der Waals surface area (Å²) in [4.78, 5) is 39.1. The highest BCUT2D eigenvalue weighted by Crippen LogP contribution is 2.39. The van der Waals surface area contributed by atoms with Gasteiger partial charge >= 0.3 is 0 Å². The lowest BCUT2D eigenvalue weighted by molar-refractivity contribution is 0.0779. The first-order valence-electron chi connectivity index (χ1n) is 17.0. The quantitative estimate of drug-likeness (QED) is 0.151. The number of carbonyl (C=O) groups excluding carboxylic acids is 2. The third-order valence-corrected chi connectivity index (χ3v) is 11.1. The zero-order chi connectivity index (χ0) is 33.8. The van der Waals surface area contributed by atoms with Gasteiger partial charge in [-0.25, -0.2) is 4.98 Å². The minimum absolute atomic E-state index is 0.0808. The van der Waals surface area contributed by atoms with Crippen molar-refractivity contribution in [3.63, 3.8) is 0 Å². The number of anilines is 1. The van der Waals surface area contributed by atoms with Crippen LogP contribution in [0, 0.1) is 0 Å². The van der Waals surface area contributed by atoms with E-state index in [1.165, 1.54) is 30.2 Å². The first-order valence-corrected chi connectivity index (χ1v) is 17.9. The number of imidazole rings is 1. The lowest BCUT2D eigenvalue weighted by atomic mass is 9.76. The molecule has 0 aliphatic carbocycles. The summed E-state index contributed by atoms with van der Waals surface area (Å²) in [6, 6.07) is 26.7. The molecule has 0 saturated carbocycles. The van der Waals surface area contributed by atoms with Crippen molar-refractivity contribution in [2.75, 3.05) is 64.9 Å². The zero-order valence-electron chi connectivity index (χ0n) is 28.2. The molecule has 7 rings (SSSR count). The van der Waals surface area contributed by atoms with Crippen LogP contribution in [0.5, 0.6) is 11.5 Å². The molecular formula is C39H43N5O4S. The molecule has 0 spiro atoms. The van der Waals surface area contributed by atoms with Crippen molar-refractivity contribution in [3.8, 4) is 11.5 Å². The van der Waals surface area contributed by atoms with E-state index in [0.717, 1.165) is 70.0 Å². The molecule has 1 amide bonds. The molecule has 2 fully saturated rings. The van der Waals surface area contributed by atoms with Crippen molar-refractivity contribution in [1.29, 1.82) is 0 Å². The highest BCUT2D eigenvalue weighted by Gasteiger charge is 2.42. The van der Waals surface area contributed by atoms with Crippen LogP contribution < -0.4 is 14.4 Å². The first kappa shape index (κ1) is 32.9. The topological polar surface area (TPSA) is 80.1 Å². The van der Waals surface area contributed by atoms with Crippen LogP contribution in [0.1, 0.15) is 50.4 Å². The number of para-hydroxylation sites is 2. The van der Waals surface area contributed by atoms with Crippen LogP contribution in [0.4, 0.5) is 5.95 Å². The molecule has 0 N–H and O–H groups in total. The van der Waals surface area contributed by atoms with Crippen molar-refractivity contribution < 1.29 is 19.1 Å². The highest BCUT2D eigenvalue weighted by molar-refractivity contribution is 7.09. The predicted molar refractivity (Wildman–Crippen MR) is 195 cm³/mol. The Hall–Kier alpha value is -4.67. The molecule has 254 valence electrons. The van der Waals surface area contributed by atoms with Crippen LogP contribution >= 0.6 is 11.3 Å². The number of ether oxygens (including phenoxy) is 2. The van der Waals surface area contributed by atoms with E-state index < -0.39 is 0 Å². The molecular weight excluding hydrogens is 635 g/mol. The molecule has 9 nitrogen and oxygen atoms in total. The van der Waals surface area contributed by atoms with E-state index in [1.807, 2.05) is 4.90 Å². The number of thiophene rings is 1. The summed E-state index contributed by atoms with van der Waals surface area (Å²) in [6.45, 7) is 6.92. The maximum absolute atomic E-state index is 13.9. The largest absolute Gasteiger partial charge is 0.496 e. The Labute approximate surface area is 291 Å². The second-order valence-electron chi connectivity index (χ2n) is 13.0. The van der Waals surface area contributed by atoms with Gasteiger partial charge in [0.1, 0.15) is 11.5 Å². The maximum atomic E-state index is 13.9. The van der Waals surface area contributed by atoms with E-state index in [0.29, 0.717) is 42.0 Å². The molecule has 0 radical (unpaired) electrons. The average Bonchev–Trinajstić information content (AvgIpc) is 3.87. The lowest BCUT2D eigenvalue weighted by Crippen LogP contribution is -2.39. The smallest absolute Gasteiger partial charge is 0.254 e. The third-order valence-electron chi connectivity index (χ3n) is 10.2. The van der Waals surface area contributed by atoms with Crippen LogP contribution in [-0.2, 0) is 12.0 Å². The molecule has 5 aromatic rings. The van der Waals surface area contributed by atoms with Gasteiger partial charge in [-0.2, -0.15) is 0 Å². The number of benzene rings is 3. The number of likely N-dealkylation sites (tertiary alicyclic amines) is 1. The van der Waals surface area contributed by atoms with E-state index in [-0.39, 0.29) is 11.3 Å². The van der Waals surface area contributed by atoms with Crippen molar-refractivity contribution in [3.05, 3.63) is 106 Å². The Kier molecular flexibility index (Phi) is 9.68. The summed E-state index contributed by atoms with van der Waals surface area (Å²) in [5.74, 6) is 1.64. The van der Waals surface area contributed by atoms with Crippen molar-refractivity contribution in [2.45, 2.75) is 31.2 Å². The van der Waals surface area contributed by atoms with Crippen LogP contribution in [0.2, 0.25) is 0 Å². The number of hydrogen-bond acceptors (Lipinski definition) is 8. The molecule has 2 aromatic heterocycles. The standard InChI is InChI=1S/C39H43N5O4S/c1-47-35-24-29(25-36(48-2)32(35)27-45)37(46)43-20-16-39(28-43,30-10-4-3-5-11-30)15-19-41-17-9-18-42(22-21-41)38-40-33-13-6-7-14-34(33)44(38)26-31-12-8-23-49-31/h3-8,10-14,23-25,27H,9,15-22,26,28H2,1-2H3. The monoisotopic (exact) mass is 677 g/mol. The van der Waals surface area contributed by atoms with Gasteiger partial charge in [-0.05, 0) is 73.6 Å². The van der Waals surface area contributed by atoms with E-state index >= 15 is 0 Å². The number of nitrogens with zero attached hydrogens (tertiary/aromatic N) is 5. The van der Waals surface area contributed by atoms with Gasteiger partial charge in [0.2, 0.25) is 5.95 Å². The Balaban J connectivity index is 1.07. The number of methoxy groups -OCH3 is 2. The third kappa shape index (κ3) is 6.67. The number of amides is 1. The average molecular weight is 678 g/mol. The van der Waals surface area contributed by atoms with E-state index in [4.69, 9.17) is 14.5 Å². The predicted octanol–water partition coefficient (Wildman–Crippen LogP) is 6.36. The number of hydrogen-bond donors (Lipinski definition) is 0. The fourth-order valence-electron chi connectivity index (χ4n) is 7.57. The van der Waals surface area contributed by atoms with Gasteiger partial charge in [-0.15, -0.1) is 11.3 Å². The summed E-state index contributed by atoms with van der Waals surface area (Å²) in [5.41, 5.74) is 4.09. The maximum Gasteiger partial charge on any atom is 0.254 e. The SMILES string of the molecule is COc1cc(C(=O)N2CCC(CCN3CCCN(c4nc5ccccc5n4Cc4cccs4)CC3)(c3ccccc3)C2)cc(OC)c1C=O. The van der Waals surface area contributed by atoms with Gasteiger partial charge in [-0.3, -0.25) is 9.59 Å². The van der Waals surface area contributed by atoms with Crippen LogP contribution in [-0.4, -0.2) is 91.6 Å². The Morgan fingerprint density at radius 2 is 1.69 bits per heavy atom. The van der Waals surface area contributed by atoms with Crippen LogP contribution in [0.25, 0.3) is 11.0 Å². The molecule has 10 heteroatoms. The minimum Gasteiger partial charge on any atom is -0.496 e. The van der Waals surface area contributed by atoms with Crippen LogP contribution in [0.3, 0.4) is 0 Å². The molecule has 1 atom stereocenters. The van der Waals surface area contributed by atoms with Crippen molar-refractivity contribution >= 4 is 40.5 Å². The lowest BCUT2D eigenvalue weighted by Gasteiger charge is -2.33. The summed E-state index contributed by atoms with van der Waals surface area (Å²) < 4.78 is 13.3. The van der Waals surface area contributed by atoms with Gasteiger partial charge in [0.05, 0.1) is 37.4 Å². The van der Waals surface area contributed by atoms with Gasteiger partial charge in [0, 0.05) is 48.6 Å². The van der Waals surface area contributed by atoms with Gasteiger partial charge in [0.15, 0.2) is 6.29 Å². The summed E-state index contributed by atoms with van der Waals surface area (Å²) >= 11 is 1.79. The first-order chi connectivity index (χ1) is 24.0. The minimum atomic E-state index is -0.158. The normalized spacial score (nSPS) is 18.5. The molecule has 4 heterocycles. The summed E-state index contributed by atoms with van der Waals surface area (Å²) in [6.07, 6.45) is 3.60. The molecule has 2 aliphatic rings. The number of aldehydes is 1. The number of aromatic nitrogens is 2.